The van der Waals surface area contributed by atoms with Crippen LogP contribution in [0.2, 0.25) is 0 Å². The number of hydrogen-bond donors (Lipinski definition) is 3. The lowest BCUT2D eigenvalue weighted by molar-refractivity contribution is 0.0546. The molecule has 1 aromatic carbocycles. The first-order valence-electron chi connectivity index (χ1n) is 12.0. The Morgan fingerprint density at radius 2 is 1.95 bits per heavy atom. The summed E-state index contributed by atoms with van der Waals surface area (Å²) in [4.78, 5) is 20.9. The molecular weight excluding hydrogens is 487 g/mol. The Labute approximate surface area is 209 Å². The van der Waals surface area contributed by atoms with Crippen LogP contribution in [0, 0.1) is 11.6 Å². The second kappa shape index (κ2) is 8.79. The predicted molar refractivity (Wildman–Crippen MR) is 128 cm³/mol. The van der Waals surface area contributed by atoms with Gasteiger partial charge in [0.2, 0.25) is 5.95 Å². The Morgan fingerprint density at radius 3 is 2.70 bits per heavy atom. The summed E-state index contributed by atoms with van der Waals surface area (Å²) in [5, 5.41) is 13.0. The molecule has 37 heavy (non-hydrogen) atoms. The molecule has 192 valence electrons. The number of alkyl halides is 1. The van der Waals surface area contributed by atoms with Crippen molar-refractivity contribution in [2.45, 2.75) is 56.3 Å². The number of amides is 1. The van der Waals surface area contributed by atoms with Crippen LogP contribution in [0.25, 0.3) is 16.9 Å². The molecule has 1 amide bonds. The maximum Gasteiger partial charge on any atom is 0.407 e. The molecule has 2 aliphatic carbocycles. The van der Waals surface area contributed by atoms with Crippen molar-refractivity contribution in [2.24, 2.45) is 0 Å². The van der Waals surface area contributed by atoms with Gasteiger partial charge in [-0.3, -0.25) is 9.50 Å². The molecule has 2 saturated carbocycles. The second-order valence-corrected chi connectivity index (χ2v) is 9.87. The molecule has 3 atom stereocenters. The van der Waals surface area contributed by atoms with Gasteiger partial charge < -0.3 is 15.4 Å². The summed E-state index contributed by atoms with van der Waals surface area (Å²) < 4.78 is 49.8. The molecule has 6 rings (SSSR count). The van der Waals surface area contributed by atoms with Crippen LogP contribution in [0.15, 0.2) is 42.7 Å². The maximum absolute atomic E-state index is 15.2. The third-order valence-corrected chi connectivity index (χ3v) is 6.95. The maximum atomic E-state index is 15.2. The molecule has 0 radical (unpaired) electrons. The number of benzene rings is 1. The number of nitrogens with one attached hydrogen (secondary N) is 3. The highest BCUT2D eigenvalue weighted by Gasteiger charge is 2.43. The number of H-pyrrole nitrogens is 1. The van der Waals surface area contributed by atoms with E-state index in [0.717, 1.165) is 18.9 Å². The fourth-order valence-electron chi connectivity index (χ4n) is 4.66. The molecule has 3 N–H and O–H groups in total. The van der Waals surface area contributed by atoms with E-state index in [0.29, 0.717) is 41.6 Å². The van der Waals surface area contributed by atoms with E-state index in [1.54, 1.807) is 28.9 Å². The molecule has 12 heteroatoms. The van der Waals surface area contributed by atoms with Gasteiger partial charge in [-0.05, 0) is 44.7 Å². The highest BCUT2D eigenvalue weighted by molar-refractivity contribution is 5.69. The number of ether oxygens (including phenoxy) is 1. The van der Waals surface area contributed by atoms with Crippen molar-refractivity contribution in [1.82, 2.24) is 29.9 Å². The first-order valence-corrected chi connectivity index (χ1v) is 12.0. The van der Waals surface area contributed by atoms with Gasteiger partial charge in [0.25, 0.3) is 0 Å². The highest BCUT2D eigenvalue weighted by atomic mass is 19.1. The van der Waals surface area contributed by atoms with Crippen molar-refractivity contribution < 1.29 is 22.7 Å². The minimum atomic E-state index is -1.38. The molecule has 2 aliphatic rings. The smallest absolute Gasteiger partial charge is 0.407 e. The summed E-state index contributed by atoms with van der Waals surface area (Å²) in [6.07, 6.45) is 3.12. The molecule has 0 aliphatic heterocycles. The normalized spacial score (nSPS) is 22.2. The van der Waals surface area contributed by atoms with E-state index in [1.807, 2.05) is 6.92 Å². The van der Waals surface area contributed by atoms with E-state index >= 15 is 4.39 Å². The number of nitrogens with zero attached hydrogens (tertiary/aromatic N) is 4. The minimum Gasteiger partial charge on any atom is -0.443 e. The number of halogens is 3. The van der Waals surface area contributed by atoms with Crippen molar-refractivity contribution in [3.63, 3.8) is 0 Å². The van der Waals surface area contributed by atoms with Crippen LogP contribution in [0.5, 0.6) is 0 Å². The Morgan fingerprint density at radius 1 is 1.16 bits per heavy atom. The summed E-state index contributed by atoms with van der Waals surface area (Å²) in [5.41, 5.74) is 1.39. The Kier molecular flexibility index (Phi) is 5.54. The number of imidazole rings is 1. The van der Waals surface area contributed by atoms with Crippen molar-refractivity contribution >= 4 is 23.5 Å². The van der Waals surface area contributed by atoms with Gasteiger partial charge in [0.15, 0.2) is 5.82 Å². The number of aromatic nitrogens is 5. The fourth-order valence-corrected chi connectivity index (χ4v) is 4.66. The van der Waals surface area contributed by atoms with Gasteiger partial charge in [-0.25, -0.2) is 27.9 Å². The third-order valence-electron chi connectivity index (χ3n) is 6.95. The zero-order chi connectivity index (χ0) is 25.7. The van der Waals surface area contributed by atoms with Crippen LogP contribution in [0.1, 0.15) is 44.2 Å². The Hall–Kier alpha value is -4.09. The second-order valence-electron chi connectivity index (χ2n) is 9.87. The predicted octanol–water partition coefficient (Wildman–Crippen LogP) is 5.00. The Bertz CT molecular complexity index is 1460. The minimum absolute atomic E-state index is 0.236. The van der Waals surface area contributed by atoms with Crippen LogP contribution in [-0.2, 0) is 4.74 Å². The molecule has 0 saturated heterocycles. The number of hydrogen-bond acceptors (Lipinski definition) is 6. The molecule has 0 spiro atoms. The molecule has 0 unspecified atom stereocenters. The van der Waals surface area contributed by atoms with Crippen molar-refractivity contribution in [3.05, 3.63) is 60.1 Å². The van der Waals surface area contributed by atoms with E-state index in [2.05, 4.69) is 30.8 Å². The zero-order valence-corrected chi connectivity index (χ0v) is 19.8. The van der Waals surface area contributed by atoms with Gasteiger partial charge >= 0.3 is 6.09 Å². The topological polar surface area (TPSA) is 109 Å². The highest BCUT2D eigenvalue weighted by Crippen LogP contribution is 2.39. The van der Waals surface area contributed by atoms with Gasteiger partial charge in [-0.15, -0.1) is 0 Å². The lowest BCUT2D eigenvalue weighted by Gasteiger charge is -2.19. The Balaban J connectivity index is 1.20. The molecule has 0 bridgehead atoms. The number of rotatable bonds is 6. The van der Waals surface area contributed by atoms with E-state index in [-0.39, 0.29) is 11.1 Å². The average molecular weight is 512 g/mol. The lowest BCUT2D eigenvalue weighted by atomic mass is 10.0. The van der Waals surface area contributed by atoms with Crippen LogP contribution >= 0.6 is 0 Å². The number of aromatic amines is 1. The number of carbonyl (C=O) groups is 1. The third kappa shape index (κ3) is 4.70. The van der Waals surface area contributed by atoms with Crippen molar-refractivity contribution in [1.29, 1.82) is 0 Å². The largest absolute Gasteiger partial charge is 0.443 e. The zero-order valence-electron chi connectivity index (χ0n) is 19.8. The number of carbonyl (C=O) groups excluding carboxylic acids is 1. The van der Waals surface area contributed by atoms with Crippen molar-refractivity contribution in [2.75, 3.05) is 5.32 Å². The van der Waals surface area contributed by atoms with Gasteiger partial charge in [0.1, 0.15) is 29.6 Å². The average Bonchev–Trinajstić information content (AvgIpc) is 3.22. The quantitative estimate of drug-likeness (QED) is 0.336. The molecule has 4 aromatic rings. The van der Waals surface area contributed by atoms with Gasteiger partial charge in [-0.1, -0.05) is 0 Å². The van der Waals surface area contributed by atoms with E-state index in [1.165, 1.54) is 12.1 Å². The molecule has 2 fully saturated rings. The van der Waals surface area contributed by atoms with E-state index in [9.17, 15) is 13.6 Å². The van der Waals surface area contributed by atoms with E-state index < -0.39 is 35.9 Å². The summed E-state index contributed by atoms with van der Waals surface area (Å²) in [6, 6.07) is 6.45. The first kappa shape index (κ1) is 23.3. The van der Waals surface area contributed by atoms with Gasteiger partial charge in [-0.2, -0.15) is 5.10 Å². The molecule has 3 heterocycles. The van der Waals surface area contributed by atoms with Crippen LogP contribution in [0.4, 0.5) is 29.7 Å². The lowest BCUT2D eigenvalue weighted by Crippen LogP contribution is -2.38. The fraction of sp³-hybridized carbons (Fsp3) is 0.360. The molecular formula is C25H24F3N7O2. The SMILES string of the molecule is CC1(NC(=O)O[C@@H]2CC[C@H](c3cc(Nc4nc(-c5cc(F)cc(F)c5)cc5nccn45)n[nH]3)[C@@H]2F)CC1. The first-order chi connectivity index (χ1) is 17.8. The monoisotopic (exact) mass is 511 g/mol. The summed E-state index contributed by atoms with van der Waals surface area (Å²) in [5.74, 6) is -1.27. The molecule has 3 aromatic heterocycles. The number of fused-ring (bicyclic) bond motifs is 1. The number of anilines is 2. The van der Waals surface area contributed by atoms with Crippen molar-refractivity contribution in [3.8, 4) is 11.3 Å². The van der Waals surface area contributed by atoms with Crippen LogP contribution in [0.3, 0.4) is 0 Å². The van der Waals surface area contributed by atoms with E-state index in [4.69, 9.17) is 4.74 Å². The summed E-state index contributed by atoms with van der Waals surface area (Å²) in [6.45, 7) is 1.93. The van der Waals surface area contributed by atoms with Crippen LogP contribution in [-0.4, -0.2) is 48.5 Å². The number of alkyl carbamates (subject to hydrolysis) is 1. The molecule has 9 nitrogen and oxygen atoms in total. The van der Waals surface area contributed by atoms with Gasteiger partial charge in [0, 0.05) is 53.3 Å². The summed E-state index contributed by atoms with van der Waals surface area (Å²) in [7, 11) is 0. The summed E-state index contributed by atoms with van der Waals surface area (Å²) >= 11 is 0. The van der Waals surface area contributed by atoms with Gasteiger partial charge in [0.05, 0.1) is 5.69 Å². The standard InChI is InChI=1S/C25H24F3N7O2/c1-25(4-5-25)32-24(36)37-19-3-2-16(22(19)28)18-11-20(34-33-18)31-23-30-17(12-21-29-6-7-35(21)23)13-8-14(26)10-15(27)9-13/h6-12,16,19,22H,2-5H2,1H3,(H,32,36)(H2,30,31,33,34)/t16-,19-,22+/m1/s1. The van der Waals surface area contributed by atoms with Crippen LogP contribution < -0.4 is 10.6 Å².